The van der Waals surface area contributed by atoms with Crippen LogP contribution in [0.2, 0.25) is 0 Å². The molecule has 1 rings (SSSR count). The van der Waals surface area contributed by atoms with Crippen LogP contribution < -0.4 is 0 Å². The monoisotopic (exact) mass is 263 g/mol. The van der Waals surface area contributed by atoms with Crippen LogP contribution in [0.15, 0.2) is 16.6 Å². The van der Waals surface area contributed by atoms with Gasteiger partial charge < -0.3 is 5.11 Å². The van der Waals surface area contributed by atoms with Gasteiger partial charge in [0.1, 0.15) is 0 Å². The lowest BCUT2D eigenvalue weighted by atomic mass is 10.2. The molecule has 0 aliphatic heterocycles. The normalized spacial score (nSPS) is 12.5. The number of aryl methyl sites for hydroxylation is 1. The molecule has 0 unspecified atom stereocenters. The predicted molar refractivity (Wildman–Crippen MR) is 59.2 cm³/mol. The van der Waals surface area contributed by atoms with Crippen molar-refractivity contribution >= 4 is 33.1 Å². The summed E-state index contributed by atoms with van der Waals surface area (Å²) in [7, 11) is -3.80. The molecule has 88 valence electrons. The lowest BCUT2D eigenvalue weighted by Crippen LogP contribution is -2.14. The van der Waals surface area contributed by atoms with Crippen molar-refractivity contribution < 1.29 is 22.6 Å². The molecule has 0 saturated carbocycles. The minimum absolute atomic E-state index is 0.341. The Morgan fingerprint density at radius 3 is 2.56 bits per heavy atom. The predicted octanol–water partition coefficient (Wildman–Crippen LogP) is 0.821. The molecule has 0 bridgehead atoms. The number of oxime groups is 1. The molecule has 1 heterocycles. The van der Waals surface area contributed by atoms with Gasteiger partial charge in [-0.15, -0.1) is 11.3 Å². The highest BCUT2D eigenvalue weighted by Gasteiger charge is 2.16. The number of hydrogen-bond donors (Lipinski definition) is 1. The first-order valence-electron chi connectivity index (χ1n) is 4.05. The van der Waals surface area contributed by atoms with Crippen LogP contribution in [0.5, 0.6) is 0 Å². The average Bonchev–Trinajstić information content (AvgIpc) is 2.49. The molecule has 1 N–H and O–H groups in total. The first-order chi connectivity index (χ1) is 7.29. The van der Waals surface area contributed by atoms with Gasteiger partial charge in [-0.25, -0.2) is 4.79 Å². The van der Waals surface area contributed by atoms with Crippen LogP contribution in [-0.4, -0.2) is 31.5 Å². The van der Waals surface area contributed by atoms with Gasteiger partial charge in [-0.05, 0) is 23.9 Å². The van der Waals surface area contributed by atoms with Gasteiger partial charge in [0, 0.05) is 0 Å². The van der Waals surface area contributed by atoms with Crippen molar-refractivity contribution in [3.8, 4) is 0 Å². The van der Waals surface area contributed by atoms with E-state index in [4.69, 9.17) is 5.11 Å². The maximum Gasteiger partial charge on any atom is 0.359 e. The van der Waals surface area contributed by atoms with Gasteiger partial charge in [0.05, 0.1) is 11.1 Å². The lowest BCUT2D eigenvalue weighted by Gasteiger charge is -1.97. The number of carboxylic acid groups (broad SMARTS) is 1. The molecule has 0 aliphatic rings. The summed E-state index contributed by atoms with van der Waals surface area (Å²) in [6.07, 6.45) is 0.787. The van der Waals surface area contributed by atoms with Gasteiger partial charge in [0.25, 0.3) is 0 Å². The van der Waals surface area contributed by atoms with Gasteiger partial charge in [-0.2, -0.15) is 8.42 Å². The summed E-state index contributed by atoms with van der Waals surface area (Å²) in [4.78, 5) is 11.2. The summed E-state index contributed by atoms with van der Waals surface area (Å²) in [5.41, 5.74) is 0.442. The van der Waals surface area contributed by atoms with E-state index in [1.165, 1.54) is 0 Å². The summed E-state index contributed by atoms with van der Waals surface area (Å²) < 4.78 is 25.5. The second kappa shape index (κ2) is 4.62. The third-order valence-corrected chi connectivity index (χ3v) is 2.83. The Kier molecular flexibility index (Phi) is 3.66. The first-order valence-corrected chi connectivity index (χ1v) is 6.74. The fraction of sp³-hybridized carbons (Fsp3) is 0.250. The number of thiophene rings is 1. The Bertz CT molecular complexity index is 528. The molecule has 8 heteroatoms. The highest BCUT2D eigenvalue weighted by atomic mass is 32.2. The van der Waals surface area contributed by atoms with E-state index < -0.39 is 21.8 Å². The lowest BCUT2D eigenvalue weighted by molar-refractivity contribution is -0.129. The first kappa shape index (κ1) is 12.7. The Balaban J connectivity index is 3.06. The summed E-state index contributed by atoms with van der Waals surface area (Å²) >= 11 is 1.15. The molecule has 6 nitrogen and oxygen atoms in total. The summed E-state index contributed by atoms with van der Waals surface area (Å²) in [6, 6.07) is 1.59. The molecule has 0 amide bonds. The summed E-state index contributed by atoms with van der Waals surface area (Å²) in [6.45, 7) is 1.79. The Morgan fingerprint density at radius 2 is 2.19 bits per heavy atom. The number of aliphatic carboxylic acids is 1. The topological polar surface area (TPSA) is 93.0 Å². The van der Waals surface area contributed by atoms with E-state index in [0.29, 0.717) is 4.88 Å². The van der Waals surface area contributed by atoms with E-state index in [-0.39, 0.29) is 0 Å². The van der Waals surface area contributed by atoms with E-state index >= 15 is 0 Å². The number of nitrogens with zero attached hydrogens (tertiary/aromatic N) is 1. The number of rotatable bonds is 4. The smallest absolute Gasteiger partial charge is 0.359 e. The molecule has 16 heavy (non-hydrogen) atoms. The zero-order valence-corrected chi connectivity index (χ0v) is 10.1. The highest BCUT2D eigenvalue weighted by Crippen LogP contribution is 2.15. The van der Waals surface area contributed by atoms with E-state index in [1.54, 1.807) is 18.4 Å². The van der Waals surface area contributed by atoms with E-state index in [1.807, 2.05) is 0 Å². The van der Waals surface area contributed by atoms with E-state index in [2.05, 4.69) is 9.44 Å². The third-order valence-electron chi connectivity index (χ3n) is 1.43. The minimum Gasteiger partial charge on any atom is -0.476 e. The van der Waals surface area contributed by atoms with Gasteiger partial charge in [-0.3, -0.25) is 4.28 Å². The second-order valence-electron chi connectivity index (χ2n) is 3.01. The third kappa shape index (κ3) is 3.63. The maximum atomic E-state index is 10.8. The van der Waals surface area contributed by atoms with Gasteiger partial charge in [-0.1, -0.05) is 5.16 Å². The van der Waals surface area contributed by atoms with Crippen LogP contribution in [-0.2, 0) is 19.2 Å². The van der Waals surface area contributed by atoms with Crippen molar-refractivity contribution in [3.63, 3.8) is 0 Å². The van der Waals surface area contributed by atoms with Gasteiger partial charge >= 0.3 is 16.1 Å². The SMILES string of the molecule is Cc1csc(C(=NOS(C)(=O)=O)C(=O)O)c1. The summed E-state index contributed by atoms with van der Waals surface area (Å²) in [5.74, 6) is -1.34. The van der Waals surface area contributed by atoms with E-state index in [9.17, 15) is 13.2 Å². The van der Waals surface area contributed by atoms with Crippen molar-refractivity contribution in [1.82, 2.24) is 0 Å². The van der Waals surface area contributed by atoms with Gasteiger partial charge in [0.15, 0.2) is 0 Å². The van der Waals surface area contributed by atoms with Crippen molar-refractivity contribution in [2.45, 2.75) is 6.92 Å². The fourth-order valence-electron chi connectivity index (χ4n) is 0.850. The van der Waals surface area contributed by atoms with E-state index in [0.717, 1.165) is 23.2 Å². The molecule has 0 aliphatic carbocycles. The number of carbonyl (C=O) groups is 1. The molecule has 0 aromatic carbocycles. The zero-order valence-electron chi connectivity index (χ0n) is 8.50. The molecule has 0 spiro atoms. The molecule has 0 saturated heterocycles. The van der Waals surface area contributed by atoms with Crippen LogP contribution in [0.3, 0.4) is 0 Å². The largest absolute Gasteiger partial charge is 0.476 e. The molecule has 1 aromatic rings. The second-order valence-corrected chi connectivity index (χ2v) is 5.48. The molecule has 1 aromatic heterocycles. The molecule has 0 fully saturated rings. The van der Waals surface area contributed by atoms with Crippen LogP contribution in [0.4, 0.5) is 0 Å². The Labute approximate surface area is 96.3 Å². The number of hydrogen-bond acceptors (Lipinski definition) is 6. The molecule has 0 atom stereocenters. The average molecular weight is 263 g/mol. The highest BCUT2D eigenvalue weighted by molar-refractivity contribution is 7.85. The maximum absolute atomic E-state index is 10.8. The van der Waals surface area contributed by atoms with Crippen molar-refractivity contribution in [3.05, 3.63) is 21.9 Å². The van der Waals surface area contributed by atoms with Crippen LogP contribution in [0.25, 0.3) is 0 Å². The van der Waals surface area contributed by atoms with Crippen LogP contribution >= 0.6 is 11.3 Å². The molecular formula is C8H9NO5S2. The molecular weight excluding hydrogens is 254 g/mol. The Morgan fingerprint density at radius 1 is 1.56 bits per heavy atom. The molecule has 0 radical (unpaired) electrons. The fourth-order valence-corrected chi connectivity index (χ4v) is 1.93. The Hall–Kier alpha value is -1.41. The van der Waals surface area contributed by atoms with Crippen LogP contribution in [0.1, 0.15) is 10.4 Å². The van der Waals surface area contributed by atoms with Gasteiger partial charge in [0.2, 0.25) is 5.71 Å². The summed E-state index contributed by atoms with van der Waals surface area (Å²) in [5, 5.41) is 13.7. The standard InChI is InChI=1S/C8H9NO5S2/c1-5-3-6(15-4-5)7(8(10)11)9-14-16(2,12)13/h3-4H,1-2H3,(H,10,11). The minimum atomic E-state index is -3.80. The van der Waals surface area contributed by atoms with Crippen molar-refractivity contribution in [2.75, 3.05) is 6.26 Å². The van der Waals surface area contributed by atoms with Crippen molar-refractivity contribution in [2.24, 2.45) is 5.16 Å². The van der Waals surface area contributed by atoms with Crippen molar-refractivity contribution in [1.29, 1.82) is 0 Å². The zero-order chi connectivity index (χ0) is 12.3. The quantitative estimate of drug-likeness (QED) is 0.641. The number of carboxylic acids is 1. The van der Waals surface area contributed by atoms with Crippen LogP contribution in [0, 0.1) is 6.92 Å².